The number of rotatable bonds is 2. The first-order valence-electron chi connectivity index (χ1n) is 3.35. The summed E-state index contributed by atoms with van der Waals surface area (Å²) in [7, 11) is 0. The van der Waals surface area contributed by atoms with Crippen LogP contribution in [-0.2, 0) is 0 Å². The predicted octanol–water partition coefficient (Wildman–Crippen LogP) is 1.65. The lowest BCUT2D eigenvalue weighted by atomic mass is 9.80. The highest BCUT2D eigenvalue weighted by atomic mass is 19.4. The third-order valence-electron chi connectivity index (χ3n) is 1.46. The number of non-ortho nitro benzene ring substituents is 1. The van der Waals surface area contributed by atoms with Gasteiger partial charge in [0, 0.05) is 6.07 Å². The van der Waals surface area contributed by atoms with Gasteiger partial charge in [-0.15, -0.1) is 5.46 Å². The molecule has 0 heterocycles. The van der Waals surface area contributed by atoms with Crippen LogP contribution >= 0.6 is 0 Å². The Labute approximate surface area is 71.4 Å². The van der Waals surface area contributed by atoms with Gasteiger partial charge in [-0.2, -0.15) is 0 Å². The van der Waals surface area contributed by atoms with E-state index in [1.807, 2.05) is 0 Å². The molecule has 70 valence electrons. The first-order valence-corrected chi connectivity index (χ1v) is 3.35. The molecule has 0 aliphatic carbocycles. The molecule has 1 aromatic rings. The largest absolute Gasteiger partial charge is 0.509 e. The van der Waals surface area contributed by atoms with E-state index in [0.29, 0.717) is 6.07 Å². The molecular formula is C6H4BF3NO2-. The maximum Gasteiger partial charge on any atom is 0.509 e. The molecule has 0 atom stereocenters. The van der Waals surface area contributed by atoms with Crippen molar-refractivity contribution in [2.75, 3.05) is 0 Å². The molecule has 0 radical (unpaired) electrons. The van der Waals surface area contributed by atoms with Crippen LogP contribution in [0.3, 0.4) is 0 Å². The van der Waals surface area contributed by atoms with Gasteiger partial charge in [0.05, 0.1) is 4.92 Å². The first-order chi connectivity index (χ1) is 5.91. The molecule has 0 fully saturated rings. The molecule has 0 amide bonds. The average Bonchev–Trinajstić information content (AvgIpc) is 2.03. The van der Waals surface area contributed by atoms with Crippen molar-refractivity contribution in [2.45, 2.75) is 0 Å². The number of hydrogen-bond donors (Lipinski definition) is 0. The SMILES string of the molecule is O=[N+]([O-])c1cccc([B-](F)(F)F)c1. The smallest absolute Gasteiger partial charge is 0.445 e. The van der Waals surface area contributed by atoms with E-state index in [4.69, 9.17) is 0 Å². The van der Waals surface area contributed by atoms with E-state index < -0.39 is 23.1 Å². The molecule has 0 spiro atoms. The number of benzene rings is 1. The molecule has 0 bridgehead atoms. The number of nitrogens with zero attached hydrogens (tertiary/aromatic N) is 1. The van der Waals surface area contributed by atoms with Crippen LogP contribution < -0.4 is 5.46 Å². The summed E-state index contributed by atoms with van der Waals surface area (Å²) >= 11 is 0. The summed E-state index contributed by atoms with van der Waals surface area (Å²) < 4.78 is 36.2. The average molecular weight is 190 g/mol. The fourth-order valence-electron chi connectivity index (χ4n) is 0.842. The van der Waals surface area contributed by atoms with Crippen molar-refractivity contribution in [3.05, 3.63) is 34.4 Å². The Balaban J connectivity index is 3.13. The van der Waals surface area contributed by atoms with Crippen LogP contribution in [0.4, 0.5) is 18.6 Å². The third-order valence-corrected chi connectivity index (χ3v) is 1.46. The highest BCUT2D eigenvalue weighted by molar-refractivity contribution is 6.73. The summed E-state index contributed by atoms with van der Waals surface area (Å²) in [4.78, 5) is 9.27. The minimum Gasteiger partial charge on any atom is -0.445 e. The predicted molar refractivity (Wildman–Crippen MR) is 41.8 cm³/mol. The van der Waals surface area contributed by atoms with Gasteiger partial charge in [-0.25, -0.2) is 0 Å². The molecule has 13 heavy (non-hydrogen) atoms. The van der Waals surface area contributed by atoms with Gasteiger partial charge in [-0.1, -0.05) is 12.1 Å². The highest BCUT2D eigenvalue weighted by Crippen LogP contribution is 2.13. The van der Waals surface area contributed by atoms with Gasteiger partial charge in [-0.05, 0) is 6.07 Å². The van der Waals surface area contributed by atoms with E-state index in [0.717, 1.165) is 18.2 Å². The number of nitro groups is 1. The van der Waals surface area contributed by atoms with Gasteiger partial charge in [0.25, 0.3) is 5.69 Å². The van der Waals surface area contributed by atoms with Crippen LogP contribution in [0.25, 0.3) is 0 Å². The van der Waals surface area contributed by atoms with Crippen LogP contribution in [0, 0.1) is 10.1 Å². The van der Waals surface area contributed by atoms with Crippen LogP contribution in [0.2, 0.25) is 0 Å². The topological polar surface area (TPSA) is 43.1 Å². The Hall–Kier alpha value is -1.53. The molecule has 1 aromatic carbocycles. The lowest BCUT2D eigenvalue weighted by Gasteiger charge is -2.13. The fourth-order valence-corrected chi connectivity index (χ4v) is 0.842. The fraction of sp³-hybridized carbons (Fsp3) is 0. The molecule has 0 saturated heterocycles. The maximum absolute atomic E-state index is 12.1. The number of hydrogen-bond acceptors (Lipinski definition) is 2. The van der Waals surface area contributed by atoms with Gasteiger partial charge in [0.15, 0.2) is 0 Å². The van der Waals surface area contributed by atoms with Gasteiger partial charge in [0.1, 0.15) is 0 Å². The van der Waals surface area contributed by atoms with E-state index in [2.05, 4.69) is 0 Å². The van der Waals surface area contributed by atoms with E-state index in [1.165, 1.54) is 0 Å². The van der Waals surface area contributed by atoms with Crippen LogP contribution in [0.5, 0.6) is 0 Å². The summed E-state index contributed by atoms with van der Waals surface area (Å²) in [6.07, 6.45) is 0. The lowest BCUT2D eigenvalue weighted by molar-refractivity contribution is -0.384. The zero-order valence-electron chi connectivity index (χ0n) is 6.28. The number of halogens is 3. The highest BCUT2D eigenvalue weighted by Gasteiger charge is 2.26. The zero-order chi connectivity index (χ0) is 10.1. The Morgan fingerprint density at radius 2 is 1.92 bits per heavy atom. The summed E-state index contributed by atoms with van der Waals surface area (Å²) in [5.41, 5.74) is -1.49. The standard InChI is InChI=1S/C6H4BF3NO2/c8-7(9,10)5-2-1-3-6(4-5)11(12)13/h1-4H/q-1. The molecular weight excluding hydrogens is 186 g/mol. The third kappa shape index (κ3) is 2.20. The Morgan fingerprint density at radius 3 is 2.38 bits per heavy atom. The minimum absolute atomic E-state index is 0.528. The summed E-state index contributed by atoms with van der Waals surface area (Å²) in [5, 5.41) is 10.1. The molecule has 0 N–H and O–H groups in total. The van der Waals surface area contributed by atoms with E-state index in [9.17, 15) is 23.1 Å². The molecule has 0 aliphatic heterocycles. The van der Waals surface area contributed by atoms with Gasteiger partial charge in [-0.3, -0.25) is 10.1 Å². The number of nitro benzene ring substituents is 1. The second-order valence-corrected chi connectivity index (χ2v) is 2.43. The van der Waals surface area contributed by atoms with Crippen molar-refractivity contribution >= 4 is 18.1 Å². The molecule has 0 saturated carbocycles. The monoisotopic (exact) mass is 190 g/mol. The van der Waals surface area contributed by atoms with Gasteiger partial charge >= 0.3 is 6.98 Å². The van der Waals surface area contributed by atoms with Crippen molar-refractivity contribution in [1.82, 2.24) is 0 Å². The van der Waals surface area contributed by atoms with Crippen LogP contribution in [0.15, 0.2) is 24.3 Å². The second kappa shape index (κ2) is 3.08. The van der Waals surface area contributed by atoms with Gasteiger partial charge < -0.3 is 12.9 Å². The van der Waals surface area contributed by atoms with Crippen LogP contribution in [0.1, 0.15) is 0 Å². The van der Waals surface area contributed by atoms with Crippen molar-refractivity contribution in [2.24, 2.45) is 0 Å². The van der Waals surface area contributed by atoms with E-state index >= 15 is 0 Å². The van der Waals surface area contributed by atoms with Crippen molar-refractivity contribution in [3.63, 3.8) is 0 Å². The molecule has 0 aromatic heterocycles. The Morgan fingerprint density at radius 1 is 1.31 bits per heavy atom. The summed E-state index contributed by atoms with van der Waals surface area (Å²) in [6.45, 7) is -5.16. The molecule has 0 aliphatic rings. The quantitative estimate of drug-likeness (QED) is 0.404. The first kappa shape index (κ1) is 9.56. The molecule has 3 nitrogen and oxygen atoms in total. The van der Waals surface area contributed by atoms with Crippen molar-refractivity contribution in [3.8, 4) is 0 Å². The van der Waals surface area contributed by atoms with Crippen molar-refractivity contribution in [1.29, 1.82) is 0 Å². The molecule has 7 heteroatoms. The van der Waals surface area contributed by atoms with E-state index in [1.54, 1.807) is 0 Å². The van der Waals surface area contributed by atoms with Crippen LogP contribution in [-0.4, -0.2) is 11.9 Å². The minimum atomic E-state index is -5.16. The maximum atomic E-state index is 12.1. The second-order valence-electron chi connectivity index (χ2n) is 2.43. The zero-order valence-corrected chi connectivity index (χ0v) is 6.28. The Kier molecular flexibility index (Phi) is 2.27. The normalized spacial score (nSPS) is 11.3. The molecule has 0 unspecified atom stereocenters. The van der Waals surface area contributed by atoms with E-state index in [-0.39, 0.29) is 0 Å². The Bertz CT molecular complexity index is 339. The summed E-state index contributed by atoms with van der Waals surface area (Å²) in [5.74, 6) is 0. The lowest BCUT2D eigenvalue weighted by Crippen LogP contribution is -2.33. The van der Waals surface area contributed by atoms with Gasteiger partial charge in [0.2, 0.25) is 0 Å². The molecule has 1 rings (SSSR count). The summed E-state index contributed by atoms with van der Waals surface area (Å²) in [6, 6.07) is 3.38. The van der Waals surface area contributed by atoms with Crippen molar-refractivity contribution < 1.29 is 17.9 Å².